The Morgan fingerprint density at radius 1 is 1.10 bits per heavy atom. The Hall–Kier alpha value is -2.87. The van der Waals surface area contributed by atoms with Crippen molar-refractivity contribution in [1.29, 1.82) is 0 Å². The lowest BCUT2D eigenvalue weighted by Crippen LogP contribution is -2.43. The predicted octanol–water partition coefficient (Wildman–Crippen LogP) is 3.02. The summed E-state index contributed by atoms with van der Waals surface area (Å²) in [6, 6.07) is 11.7. The van der Waals surface area contributed by atoms with E-state index in [9.17, 15) is 18.0 Å². The van der Waals surface area contributed by atoms with Crippen molar-refractivity contribution in [2.24, 2.45) is 0 Å². The number of aryl methyl sites for hydroxylation is 1. The van der Waals surface area contributed by atoms with Crippen molar-refractivity contribution in [1.82, 2.24) is 5.32 Å². The number of fused-ring (bicyclic) bond motifs is 1. The first-order valence-corrected chi connectivity index (χ1v) is 12.4. The second kappa shape index (κ2) is 8.70. The molecule has 2 aliphatic rings. The largest absolute Gasteiger partial charge is 0.371 e. The Bertz CT molecular complexity index is 1110. The Morgan fingerprint density at radius 2 is 1.87 bits per heavy atom. The standard InChI is InChI=1S/C23H27N3O4S/c1-15-5-4-6-16(11-15)13-31(29,30)14-21-23(28)26-20-12-17(9-10-19(20)25-21)22(27)24-18-7-2-3-8-18/h4-6,9-12,18,21,25H,2-3,7-8,13-14H2,1H3,(H,24,27)(H,26,28). The van der Waals surface area contributed by atoms with E-state index >= 15 is 0 Å². The number of anilines is 2. The topological polar surface area (TPSA) is 104 Å². The molecule has 2 aromatic carbocycles. The minimum Gasteiger partial charge on any atom is -0.371 e. The van der Waals surface area contributed by atoms with Crippen molar-refractivity contribution in [3.8, 4) is 0 Å². The fourth-order valence-corrected chi connectivity index (χ4v) is 5.76. The van der Waals surface area contributed by atoms with Crippen LogP contribution in [0.3, 0.4) is 0 Å². The van der Waals surface area contributed by atoms with E-state index in [1.54, 1.807) is 24.3 Å². The monoisotopic (exact) mass is 441 g/mol. The van der Waals surface area contributed by atoms with Crippen LogP contribution in [0.2, 0.25) is 0 Å². The van der Waals surface area contributed by atoms with Crippen LogP contribution in [0, 0.1) is 6.92 Å². The molecule has 7 nitrogen and oxygen atoms in total. The number of carbonyl (C=O) groups is 2. The number of benzene rings is 2. The van der Waals surface area contributed by atoms with Crippen LogP contribution in [-0.2, 0) is 20.4 Å². The molecular formula is C23H27N3O4S. The second-order valence-electron chi connectivity index (χ2n) is 8.45. The number of nitrogens with one attached hydrogen (secondary N) is 3. The zero-order chi connectivity index (χ0) is 22.0. The molecule has 0 radical (unpaired) electrons. The van der Waals surface area contributed by atoms with Crippen molar-refractivity contribution in [2.45, 2.75) is 50.4 Å². The van der Waals surface area contributed by atoms with Crippen molar-refractivity contribution in [3.63, 3.8) is 0 Å². The third-order valence-corrected chi connectivity index (χ3v) is 7.38. The van der Waals surface area contributed by atoms with E-state index in [-0.39, 0.29) is 23.5 Å². The molecule has 4 rings (SSSR count). The van der Waals surface area contributed by atoms with Gasteiger partial charge in [-0.15, -0.1) is 0 Å². The molecule has 31 heavy (non-hydrogen) atoms. The molecule has 1 saturated carbocycles. The van der Waals surface area contributed by atoms with Crippen LogP contribution in [0.4, 0.5) is 11.4 Å². The van der Waals surface area contributed by atoms with Gasteiger partial charge < -0.3 is 16.0 Å². The molecule has 8 heteroatoms. The maximum atomic E-state index is 12.7. The summed E-state index contributed by atoms with van der Waals surface area (Å²) < 4.78 is 25.3. The van der Waals surface area contributed by atoms with Gasteiger partial charge >= 0.3 is 0 Å². The van der Waals surface area contributed by atoms with E-state index in [0.717, 1.165) is 31.2 Å². The average molecular weight is 442 g/mol. The quantitative estimate of drug-likeness (QED) is 0.639. The lowest BCUT2D eigenvalue weighted by molar-refractivity contribution is -0.116. The molecule has 1 unspecified atom stereocenters. The van der Waals surface area contributed by atoms with Crippen molar-refractivity contribution in [2.75, 3.05) is 16.4 Å². The Morgan fingerprint density at radius 3 is 2.61 bits per heavy atom. The smallest absolute Gasteiger partial charge is 0.251 e. The molecule has 0 bridgehead atoms. The molecule has 1 atom stereocenters. The average Bonchev–Trinajstić information content (AvgIpc) is 3.20. The molecular weight excluding hydrogens is 414 g/mol. The third kappa shape index (κ3) is 5.25. The zero-order valence-corrected chi connectivity index (χ0v) is 18.3. The highest BCUT2D eigenvalue weighted by Gasteiger charge is 2.31. The minimum atomic E-state index is -3.51. The third-order valence-electron chi connectivity index (χ3n) is 5.77. The van der Waals surface area contributed by atoms with Crippen LogP contribution in [0.1, 0.15) is 47.2 Å². The van der Waals surface area contributed by atoms with Crippen molar-refractivity contribution in [3.05, 3.63) is 59.2 Å². The maximum Gasteiger partial charge on any atom is 0.251 e. The summed E-state index contributed by atoms with van der Waals surface area (Å²) in [4.78, 5) is 25.1. The van der Waals surface area contributed by atoms with Crippen molar-refractivity contribution >= 4 is 33.0 Å². The number of hydrogen-bond acceptors (Lipinski definition) is 5. The van der Waals surface area contributed by atoms with Gasteiger partial charge in [0.2, 0.25) is 5.91 Å². The van der Waals surface area contributed by atoms with Gasteiger partial charge in [0.25, 0.3) is 5.91 Å². The fourth-order valence-electron chi connectivity index (χ4n) is 4.21. The zero-order valence-electron chi connectivity index (χ0n) is 17.5. The van der Waals surface area contributed by atoms with E-state index < -0.39 is 21.8 Å². The Labute approximate surface area is 182 Å². The van der Waals surface area contributed by atoms with E-state index in [4.69, 9.17) is 0 Å². The summed E-state index contributed by atoms with van der Waals surface area (Å²) in [6.45, 7) is 1.91. The van der Waals surface area contributed by atoms with Gasteiger partial charge in [-0.2, -0.15) is 0 Å². The fraction of sp³-hybridized carbons (Fsp3) is 0.391. The molecule has 0 saturated heterocycles. The van der Waals surface area contributed by atoms with Crippen molar-refractivity contribution < 1.29 is 18.0 Å². The van der Waals surface area contributed by atoms with Gasteiger partial charge in [0.1, 0.15) is 6.04 Å². The number of amides is 2. The molecule has 2 amide bonds. The molecule has 1 aliphatic heterocycles. The molecule has 1 aliphatic carbocycles. The van der Waals surface area contributed by atoms with E-state index in [1.807, 2.05) is 25.1 Å². The summed E-state index contributed by atoms with van der Waals surface area (Å²) in [5, 5.41) is 8.79. The summed E-state index contributed by atoms with van der Waals surface area (Å²) in [7, 11) is -3.51. The highest BCUT2D eigenvalue weighted by molar-refractivity contribution is 7.90. The summed E-state index contributed by atoms with van der Waals surface area (Å²) >= 11 is 0. The van der Waals surface area contributed by atoms with Crippen LogP contribution >= 0.6 is 0 Å². The number of hydrogen-bond donors (Lipinski definition) is 3. The first-order valence-electron chi connectivity index (χ1n) is 10.6. The molecule has 3 N–H and O–H groups in total. The summed E-state index contributed by atoms with van der Waals surface area (Å²) in [5.41, 5.74) is 3.25. The van der Waals surface area contributed by atoms with E-state index in [1.165, 1.54) is 0 Å². The molecule has 1 fully saturated rings. The van der Waals surface area contributed by atoms with E-state index in [2.05, 4.69) is 16.0 Å². The van der Waals surface area contributed by atoms with Crippen LogP contribution < -0.4 is 16.0 Å². The molecule has 2 aromatic rings. The first kappa shape index (κ1) is 21.4. The molecule has 0 spiro atoms. The highest BCUT2D eigenvalue weighted by atomic mass is 32.2. The van der Waals surface area contributed by atoms with Gasteiger partial charge in [0, 0.05) is 11.6 Å². The SMILES string of the molecule is Cc1cccc(CS(=O)(=O)CC2Nc3ccc(C(=O)NC4CCCC4)cc3NC2=O)c1. The second-order valence-corrected chi connectivity index (χ2v) is 10.6. The van der Waals surface area contributed by atoms with Gasteiger partial charge in [-0.05, 0) is 43.5 Å². The predicted molar refractivity (Wildman–Crippen MR) is 121 cm³/mol. The van der Waals surface area contributed by atoms with Gasteiger partial charge in [-0.1, -0.05) is 42.7 Å². The van der Waals surface area contributed by atoms with Gasteiger partial charge in [-0.25, -0.2) is 8.42 Å². The van der Waals surface area contributed by atoms with Crippen LogP contribution in [0.25, 0.3) is 0 Å². The normalized spacial score (nSPS) is 18.7. The maximum absolute atomic E-state index is 12.7. The van der Waals surface area contributed by atoms with Gasteiger partial charge in [0.15, 0.2) is 9.84 Å². The lowest BCUT2D eigenvalue weighted by Gasteiger charge is -2.27. The Kier molecular flexibility index (Phi) is 6.00. The van der Waals surface area contributed by atoms with Crippen LogP contribution in [0.15, 0.2) is 42.5 Å². The molecule has 0 aromatic heterocycles. The minimum absolute atomic E-state index is 0.118. The van der Waals surface area contributed by atoms with Gasteiger partial charge in [-0.3, -0.25) is 9.59 Å². The summed E-state index contributed by atoms with van der Waals surface area (Å²) in [5.74, 6) is -1.01. The van der Waals surface area contributed by atoms with Gasteiger partial charge in [0.05, 0.1) is 22.9 Å². The van der Waals surface area contributed by atoms with Crippen LogP contribution in [0.5, 0.6) is 0 Å². The first-order chi connectivity index (χ1) is 14.8. The lowest BCUT2D eigenvalue weighted by atomic mass is 10.1. The highest BCUT2D eigenvalue weighted by Crippen LogP contribution is 2.29. The van der Waals surface area contributed by atoms with Crippen LogP contribution in [-0.4, -0.2) is 38.1 Å². The Balaban J connectivity index is 1.43. The van der Waals surface area contributed by atoms with E-state index in [0.29, 0.717) is 22.5 Å². The number of rotatable bonds is 6. The number of carbonyl (C=O) groups excluding carboxylic acids is 2. The number of sulfone groups is 1. The molecule has 164 valence electrons. The molecule has 1 heterocycles. The summed E-state index contributed by atoms with van der Waals surface area (Å²) in [6.07, 6.45) is 4.24.